The third-order valence-electron chi connectivity index (χ3n) is 11.3. The molecule has 0 aliphatic heterocycles. The largest absolute Gasteiger partial charge is 0.310 e. The summed E-state index contributed by atoms with van der Waals surface area (Å²) in [5.74, 6) is 0. The SMILES string of the molecule is c1ccc(-c2ccc(-c3ccc(N(c4cccc(-c5cccc(-c6ccccc6)c5-c5ccccc5-c5ccccc5)c4)c4ccc5ccccc5c4)cc3)cc2)cc1. The van der Waals surface area contributed by atoms with Crippen molar-refractivity contribution in [3.05, 3.63) is 249 Å². The highest BCUT2D eigenvalue weighted by molar-refractivity contribution is 6.00. The smallest absolute Gasteiger partial charge is 0.0468 e. The van der Waals surface area contributed by atoms with Crippen LogP contribution in [0.5, 0.6) is 0 Å². The Kier molecular flexibility index (Phi) is 9.68. The second kappa shape index (κ2) is 16.0. The molecule has 0 aromatic heterocycles. The minimum atomic E-state index is 1.09. The zero-order valence-corrected chi connectivity index (χ0v) is 32.6. The number of hydrogen-bond donors (Lipinski definition) is 0. The van der Waals surface area contributed by atoms with E-state index in [9.17, 15) is 0 Å². The van der Waals surface area contributed by atoms with Crippen LogP contribution < -0.4 is 4.90 Å². The molecule has 10 aromatic carbocycles. The molecule has 0 saturated carbocycles. The molecule has 0 heterocycles. The van der Waals surface area contributed by atoms with Crippen LogP contribution in [0.25, 0.3) is 77.5 Å². The maximum atomic E-state index is 2.39. The van der Waals surface area contributed by atoms with Crippen LogP contribution in [0, 0.1) is 0 Å². The van der Waals surface area contributed by atoms with E-state index in [4.69, 9.17) is 0 Å². The van der Waals surface area contributed by atoms with Crippen LogP contribution in [-0.4, -0.2) is 0 Å². The average Bonchev–Trinajstić information content (AvgIpc) is 3.32. The number of rotatable bonds is 9. The maximum absolute atomic E-state index is 2.39. The molecule has 1 heteroatoms. The van der Waals surface area contributed by atoms with Crippen LogP contribution in [-0.2, 0) is 0 Å². The van der Waals surface area contributed by atoms with Crippen LogP contribution in [0.3, 0.4) is 0 Å². The second-order valence-electron chi connectivity index (χ2n) is 14.9. The van der Waals surface area contributed by atoms with Crippen LogP contribution in [0.15, 0.2) is 249 Å². The minimum absolute atomic E-state index is 1.09. The lowest BCUT2D eigenvalue weighted by atomic mass is 9.84. The van der Waals surface area contributed by atoms with Gasteiger partial charge in [0.1, 0.15) is 0 Å². The van der Waals surface area contributed by atoms with E-state index in [1.54, 1.807) is 0 Å². The predicted molar refractivity (Wildman–Crippen MR) is 251 cm³/mol. The molecule has 278 valence electrons. The fourth-order valence-electron chi connectivity index (χ4n) is 8.38. The number of fused-ring (bicyclic) bond motifs is 1. The minimum Gasteiger partial charge on any atom is -0.310 e. The van der Waals surface area contributed by atoms with E-state index in [-0.39, 0.29) is 0 Å². The molecule has 0 aliphatic rings. The molecule has 0 atom stereocenters. The number of hydrogen-bond acceptors (Lipinski definition) is 1. The van der Waals surface area contributed by atoms with Crippen LogP contribution in [0.1, 0.15) is 0 Å². The number of anilines is 3. The Morgan fingerprint density at radius 1 is 0.203 bits per heavy atom. The van der Waals surface area contributed by atoms with Gasteiger partial charge in [-0.15, -0.1) is 0 Å². The fraction of sp³-hybridized carbons (Fsp3) is 0. The summed E-state index contributed by atoms with van der Waals surface area (Å²) in [6.45, 7) is 0. The Morgan fingerprint density at radius 2 is 0.610 bits per heavy atom. The van der Waals surface area contributed by atoms with Crippen molar-refractivity contribution in [1.82, 2.24) is 0 Å². The van der Waals surface area contributed by atoms with Gasteiger partial charge in [0.25, 0.3) is 0 Å². The molecular formula is C58H41N. The molecular weight excluding hydrogens is 711 g/mol. The van der Waals surface area contributed by atoms with E-state index in [0.29, 0.717) is 0 Å². The molecule has 0 fully saturated rings. The quantitative estimate of drug-likeness (QED) is 0.142. The van der Waals surface area contributed by atoms with Gasteiger partial charge in [0.2, 0.25) is 0 Å². The lowest BCUT2D eigenvalue weighted by Gasteiger charge is -2.27. The Bertz CT molecular complexity index is 3000. The fourth-order valence-corrected chi connectivity index (χ4v) is 8.38. The van der Waals surface area contributed by atoms with Crippen molar-refractivity contribution in [2.75, 3.05) is 4.90 Å². The van der Waals surface area contributed by atoms with Gasteiger partial charge < -0.3 is 4.90 Å². The third kappa shape index (κ3) is 7.23. The molecule has 0 N–H and O–H groups in total. The van der Waals surface area contributed by atoms with Crippen molar-refractivity contribution in [2.45, 2.75) is 0 Å². The van der Waals surface area contributed by atoms with Crippen molar-refractivity contribution < 1.29 is 0 Å². The molecule has 0 amide bonds. The predicted octanol–water partition coefficient (Wildman–Crippen LogP) is 16.3. The van der Waals surface area contributed by atoms with Gasteiger partial charge >= 0.3 is 0 Å². The molecule has 0 spiro atoms. The van der Waals surface area contributed by atoms with Gasteiger partial charge in [-0.3, -0.25) is 0 Å². The van der Waals surface area contributed by atoms with E-state index < -0.39 is 0 Å². The molecule has 10 rings (SSSR count). The normalized spacial score (nSPS) is 11.1. The van der Waals surface area contributed by atoms with Crippen LogP contribution in [0.2, 0.25) is 0 Å². The standard InChI is InChI=1S/C58H41N/c1-4-16-42(17-5-1)44-30-32-45(33-31-44)46-34-37-51(38-35-46)59(53-39-36-43-18-10-11-23-49(43)40-53)52-25-14-24-50(41-52)56-29-15-28-55(48-21-8-3-9-22-48)58(56)57-27-13-12-26-54(57)47-19-6-2-7-20-47/h1-41H. The van der Waals surface area contributed by atoms with Crippen molar-refractivity contribution in [3.8, 4) is 66.8 Å². The summed E-state index contributed by atoms with van der Waals surface area (Å²) in [7, 11) is 0. The Labute approximate surface area is 346 Å². The Balaban J connectivity index is 1.11. The third-order valence-corrected chi connectivity index (χ3v) is 11.3. The lowest BCUT2D eigenvalue weighted by Crippen LogP contribution is -2.10. The molecule has 0 bridgehead atoms. The molecule has 0 aliphatic carbocycles. The van der Waals surface area contributed by atoms with Gasteiger partial charge in [-0.25, -0.2) is 0 Å². The summed E-state index contributed by atoms with van der Waals surface area (Å²) in [6, 6.07) is 89.9. The molecule has 0 saturated heterocycles. The zero-order valence-electron chi connectivity index (χ0n) is 32.6. The zero-order chi connectivity index (χ0) is 39.4. The average molecular weight is 752 g/mol. The summed E-state index contributed by atoms with van der Waals surface area (Å²) < 4.78 is 0. The van der Waals surface area contributed by atoms with E-state index in [1.165, 1.54) is 72.0 Å². The first-order valence-corrected chi connectivity index (χ1v) is 20.3. The Hall–Kier alpha value is -7.74. The molecule has 0 unspecified atom stereocenters. The first kappa shape index (κ1) is 35.7. The number of benzene rings is 10. The summed E-state index contributed by atoms with van der Waals surface area (Å²) in [5, 5.41) is 2.43. The summed E-state index contributed by atoms with van der Waals surface area (Å²) in [5.41, 5.74) is 17.7. The molecule has 10 aromatic rings. The maximum Gasteiger partial charge on any atom is 0.0468 e. The van der Waals surface area contributed by atoms with Crippen molar-refractivity contribution in [1.29, 1.82) is 0 Å². The summed E-state index contributed by atoms with van der Waals surface area (Å²) >= 11 is 0. The van der Waals surface area contributed by atoms with E-state index >= 15 is 0 Å². The van der Waals surface area contributed by atoms with Crippen LogP contribution in [0.4, 0.5) is 17.1 Å². The van der Waals surface area contributed by atoms with Gasteiger partial charge in [0.05, 0.1) is 0 Å². The highest BCUT2D eigenvalue weighted by Gasteiger charge is 2.20. The summed E-state index contributed by atoms with van der Waals surface area (Å²) in [6.07, 6.45) is 0. The van der Waals surface area contributed by atoms with E-state index in [0.717, 1.165) is 22.6 Å². The van der Waals surface area contributed by atoms with Gasteiger partial charge in [-0.2, -0.15) is 0 Å². The van der Waals surface area contributed by atoms with Gasteiger partial charge in [-0.1, -0.05) is 212 Å². The first-order chi connectivity index (χ1) is 29.3. The van der Waals surface area contributed by atoms with E-state index in [2.05, 4.69) is 254 Å². The Morgan fingerprint density at radius 3 is 1.25 bits per heavy atom. The monoisotopic (exact) mass is 751 g/mol. The molecule has 0 radical (unpaired) electrons. The highest BCUT2D eigenvalue weighted by Crippen LogP contribution is 2.46. The lowest BCUT2D eigenvalue weighted by molar-refractivity contribution is 1.29. The molecule has 1 nitrogen and oxygen atoms in total. The highest BCUT2D eigenvalue weighted by atomic mass is 15.1. The number of nitrogens with zero attached hydrogens (tertiary/aromatic N) is 1. The van der Waals surface area contributed by atoms with Gasteiger partial charge in [0, 0.05) is 17.1 Å². The van der Waals surface area contributed by atoms with Gasteiger partial charge in [0.15, 0.2) is 0 Å². The molecule has 59 heavy (non-hydrogen) atoms. The van der Waals surface area contributed by atoms with E-state index in [1.807, 2.05) is 0 Å². The first-order valence-electron chi connectivity index (χ1n) is 20.3. The van der Waals surface area contributed by atoms with Crippen molar-refractivity contribution >= 4 is 27.8 Å². The van der Waals surface area contributed by atoms with Crippen LogP contribution >= 0.6 is 0 Å². The van der Waals surface area contributed by atoms with Crippen molar-refractivity contribution in [3.63, 3.8) is 0 Å². The van der Waals surface area contributed by atoms with Gasteiger partial charge in [-0.05, 0) is 114 Å². The topological polar surface area (TPSA) is 3.24 Å². The second-order valence-corrected chi connectivity index (χ2v) is 14.9. The van der Waals surface area contributed by atoms with Crippen molar-refractivity contribution in [2.24, 2.45) is 0 Å². The summed E-state index contributed by atoms with van der Waals surface area (Å²) in [4.78, 5) is 2.39.